The number of rotatable bonds is 10. The van der Waals surface area contributed by atoms with Crippen molar-refractivity contribution in [3.63, 3.8) is 0 Å². The summed E-state index contributed by atoms with van der Waals surface area (Å²) in [6, 6.07) is 10.8. The molecule has 1 aliphatic rings. The number of hydrogen-bond donors (Lipinski definition) is 0. The molecule has 2 aromatic rings. The second kappa shape index (κ2) is 16.6. The van der Waals surface area contributed by atoms with E-state index in [0.717, 1.165) is 32.6 Å². The van der Waals surface area contributed by atoms with Crippen LogP contribution in [0.1, 0.15) is 30.2 Å². The predicted molar refractivity (Wildman–Crippen MR) is 148 cm³/mol. The van der Waals surface area contributed by atoms with E-state index in [-0.39, 0.29) is 50.9 Å². The van der Waals surface area contributed by atoms with Crippen LogP contribution in [0, 0.1) is 0 Å². The van der Waals surface area contributed by atoms with Gasteiger partial charge in [0, 0.05) is 43.8 Å². The molecule has 1 saturated heterocycles. The fourth-order valence-electron chi connectivity index (χ4n) is 3.65. The standard InChI is InChI=1S/C22H34N4S.3BrH/c1-3-12-25-15-17-26(18-16-25)22-23-19-21(27-22)11-14-24(2)13-7-10-20-8-5-4-6-9-20;;;/h4-6,8-9,19H,3,7,10-18H2,1-2H3;3*1H. The minimum absolute atomic E-state index is 0. The molecule has 1 aromatic heterocycles. The van der Waals surface area contributed by atoms with Gasteiger partial charge in [0.1, 0.15) is 0 Å². The fraction of sp³-hybridized carbons (Fsp3) is 0.591. The SMILES string of the molecule is Br.Br.Br.CCCN1CCN(c2ncc(CCN(C)CCCc3ccccc3)s2)CC1. The summed E-state index contributed by atoms with van der Waals surface area (Å²) < 4.78 is 0. The Kier molecular flexibility index (Phi) is 16.6. The highest BCUT2D eigenvalue weighted by Gasteiger charge is 2.18. The lowest BCUT2D eigenvalue weighted by molar-refractivity contribution is 0.258. The Bertz CT molecular complexity index is 663. The van der Waals surface area contributed by atoms with Crippen LogP contribution in [0.3, 0.4) is 0 Å². The molecule has 0 bridgehead atoms. The average Bonchev–Trinajstić information content (AvgIpc) is 3.17. The Balaban J connectivity index is 0.00000280. The smallest absolute Gasteiger partial charge is 0.185 e. The lowest BCUT2D eigenvalue weighted by Crippen LogP contribution is -2.46. The first-order valence-electron chi connectivity index (χ1n) is 10.4. The van der Waals surface area contributed by atoms with Gasteiger partial charge in [-0.3, -0.25) is 4.90 Å². The summed E-state index contributed by atoms with van der Waals surface area (Å²) in [5.41, 5.74) is 1.44. The normalized spacial score (nSPS) is 14.0. The molecule has 1 fully saturated rings. The van der Waals surface area contributed by atoms with Gasteiger partial charge in [0.05, 0.1) is 0 Å². The summed E-state index contributed by atoms with van der Waals surface area (Å²) in [6.45, 7) is 10.3. The summed E-state index contributed by atoms with van der Waals surface area (Å²) in [5.74, 6) is 0. The summed E-state index contributed by atoms with van der Waals surface area (Å²) in [6.07, 6.45) is 6.84. The number of thiazole rings is 1. The lowest BCUT2D eigenvalue weighted by atomic mass is 10.1. The zero-order chi connectivity index (χ0) is 18.9. The number of hydrogen-bond acceptors (Lipinski definition) is 5. The molecule has 0 unspecified atom stereocenters. The summed E-state index contributed by atoms with van der Waals surface area (Å²) >= 11 is 1.89. The lowest BCUT2D eigenvalue weighted by Gasteiger charge is -2.34. The summed E-state index contributed by atoms with van der Waals surface area (Å²) in [4.78, 5) is 13.6. The molecule has 1 aliphatic heterocycles. The average molecular weight is 629 g/mol. The van der Waals surface area contributed by atoms with Crippen molar-refractivity contribution in [2.45, 2.75) is 32.6 Å². The van der Waals surface area contributed by atoms with Crippen molar-refractivity contribution in [3.05, 3.63) is 47.0 Å². The highest BCUT2D eigenvalue weighted by molar-refractivity contribution is 8.93. The molecule has 0 saturated carbocycles. The number of anilines is 1. The molecule has 1 aromatic carbocycles. The first kappa shape index (κ1) is 30.0. The molecule has 0 N–H and O–H groups in total. The minimum Gasteiger partial charge on any atom is -0.346 e. The third-order valence-corrected chi connectivity index (χ3v) is 6.43. The van der Waals surface area contributed by atoms with Gasteiger partial charge in [-0.25, -0.2) is 4.98 Å². The number of aromatic nitrogens is 1. The van der Waals surface area contributed by atoms with Crippen LogP contribution in [-0.4, -0.2) is 67.6 Å². The van der Waals surface area contributed by atoms with Crippen LogP contribution >= 0.6 is 62.3 Å². The van der Waals surface area contributed by atoms with E-state index in [1.807, 2.05) is 11.3 Å². The topological polar surface area (TPSA) is 22.6 Å². The molecule has 0 amide bonds. The van der Waals surface area contributed by atoms with Crippen molar-refractivity contribution in [2.24, 2.45) is 0 Å². The van der Waals surface area contributed by atoms with Crippen molar-refractivity contribution in [1.82, 2.24) is 14.8 Å². The van der Waals surface area contributed by atoms with E-state index in [2.05, 4.69) is 65.2 Å². The van der Waals surface area contributed by atoms with E-state index in [1.165, 1.54) is 54.5 Å². The van der Waals surface area contributed by atoms with Gasteiger partial charge in [0.15, 0.2) is 5.13 Å². The zero-order valence-corrected chi connectivity index (χ0v) is 24.1. The van der Waals surface area contributed by atoms with Crippen LogP contribution in [0.15, 0.2) is 36.5 Å². The quantitative estimate of drug-likeness (QED) is 0.346. The fourth-order valence-corrected chi connectivity index (χ4v) is 4.60. The molecule has 0 spiro atoms. The number of benzene rings is 1. The van der Waals surface area contributed by atoms with Crippen molar-refractivity contribution >= 4 is 67.4 Å². The molecule has 2 heterocycles. The Morgan fingerprint density at radius 3 is 2.33 bits per heavy atom. The van der Waals surface area contributed by atoms with Crippen molar-refractivity contribution < 1.29 is 0 Å². The van der Waals surface area contributed by atoms with Crippen LogP contribution in [0.5, 0.6) is 0 Å². The van der Waals surface area contributed by atoms with Gasteiger partial charge in [0.25, 0.3) is 0 Å². The highest BCUT2D eigenvalue weighted by Crippen LogP contribution is 2.24. The van der Waals surface area contributed by atoms with Crippen molar-refractivity contribution in [1.29, 1.82) is 0 Å². The van der Waals surface area contributed by atoms with Gasteiger partial charge in [-0.15, -0.1) is 62.3 Å². The Morgan fingerprint density at radius 1 is 0.967 bits per heavy atom. The predicted octanol–water partition coefficient (Wildman–Crippen LogP) is 5.52. The zero-order valence-electron chi connectivity index (χ0n) is 18.2. The maximum absolute atomic E-state index is 4.70. The maximum atomic E-state index is 4.70. The number of nitrogens with zero attached hydrogens (tertiary/aromatic N) is 4. The van der Waals surface area contributed by atoms with Crippen LogP contribution in [0.4, 0.5) is 5.13 Å². The molecule has 0 radical (unpaired) electrons. The van der Waals surface area contributed by atoms with E-state index >= 15 is 0 Å². The van der Waals surface area contributed by atoms with E-state index < -0.39 is 0 Å². The van der Waals surface area contributed by atoms with E-state index in [0.29, 0.717) is 0 Å². The second-order valence-electron chi connectivity index (χ2n) is 7.58. The first-order valence-corrected chi connectivity index (χ1v) is 11.2. The maximum Gasteiger partial charge on any atom is 0.185 e. The molecule has 0 aliphatic carbocycles. The highest BCUT2D eigenvalue weighted by atomic mass is 79.9. The number of halogens is 3. The van der Waals surface area contributed by atoms with Gasteiger partial charge in [-0.2, -0.15) is 0 Å². The first-order chi connectivity index (χ1) is 13.2. The van der Waals surface area contributed by atoms with Crippen molar-refractivity contribution in [2.75, 3.05) is 57.8 Å². The summed E-state index contributed by atoms with van der Waals surface area (Å²) in [7, 11) is 2.24. The van der Waals surface area contributed by atoms with E-state index in [1.54, 1.807) is 0 Å². The van der Waals surface area contributed by atoms with Gasteiger partial charge < -0.3 is 9.80 Å². The van der Waals surface area contributed by atoms with E-state index in [4.69, 9.17) is 4.98 Å². The van der Waals surface area contributed by atoms with Crippen LogP contribution in [0.2, 0.25) is 0 Å². The number of likely N-dealkylation sites (N-methyl/N-ethyl adjacent to an activating group) is 1. The number of piperazine rings is 1. The second-order valence-corrected chi connectivity index (χ2v) is 8.67. The Morgan fingerprint density at radius 2 is 1.67 bits per heavy atom. The Labute approximate surface area is 218 Å². The molecule has 172 valence electrons. The molecule has 8 heteroatoms. The molecular weight excluding hydrogens is 592 g/mol. The third kappa shape index (κ3) is 10.1. The van der Waals surface area contributed by atoms with Gasteiger partial charge in [0.2, 0.25) is 0 Å². The molecule has 3 rings (SSSR count). The van der Waals surface area contributed by atoms with Gasteiger partial charge in [-0.1, -0.05) is 37.3 Å². The molecule has 4 nitrogen and oxygen atoms in total. The minimum atomic E-state index is 0. The van der Waals surface area contributed by atoms with E-state index in [9.17, 15) is 0 Å². The van der Waals surface area contributed by atoms with Gasteiger partial charge >= 0.3 is 0 Å². The van der Waals surface area contributed by atoms with Crippen LogP contribution in [0.25, 0.3) is 0 Å². The number of aryl methyl sites for hydroxylation is 1. The van der Waals surface area contributed by atoms with Gasteiger partial charge in [-0.05, 0) is 51.4 Å². The summed E-state index contributed by atoms with van der Waals surface area (Å²) in [5, 5.41) is 1.22. The van der Waals surface area contributed by atoms with Crippen LogP contribution < -0.4 is 4.90 Å². The third-order valence-electron chi connectivity index (χ3n) is 5.31. The Hall–Kier alpha value is 0.01000. The van der Waals surface area contributed by atoms with Crippen LogP contribution in [-0.2, 0) is 12.8 Å². The van der Waals surface area contributed by atoms with Crippen molar-refractivity contribution in [3.8, 4) is 0 Å². The molecule has 30 heavy (non-hydrogen) atoms. The largest absolute Gasteiger partial charge is 0.346 e. The molecular formula is C22H37Br3N4S. The molecule has 0 atom stereocenters. The monoisotopic (exact) mass is 626 g/mol.